The van der Waals surface area contributed by atoms with E-state index in [1.807, 2.05) is 98.8 Å². The van der Waals surface area contributed by atoms with Crippen LogP contribution in [0.25, 0.3) is 0 Å². The van der Waals surface area contributed by atoms with Gasteiger partial charge in [-0.2, -0.15) is 0 Å². The molecule has 0 aliphatic heterocycles. The van der Waals surface area contributed by atoms with Crippen molar-refractivity contribution in [2.45, 2.75) is 33.4 Å². The number of hydrogen-bond donors (Lipinski definition) is 4. The number of aromatic nitrogens is 2. The zero-order valence-electron chi connectivity index (χ0n) is 21.1. The second-order valence-corrected chi connectivity index (χ2v) is 7.83. The van der Waals surface area contributed by atoms with Crippen molar-refractivity contribution >= 4 is 23.4 Å². The normalized spacial score (nSPS) is 9.89. The Kier molecular flexibility index (Phi) is 10.6. The summed E-state index contributed by atoms with van der Waals surface area (Å²) in [5.41, 5.74) is 5.23. The fourth-order valence-corrected chi connectivity index (χ4v) is 3.35. The summed E-state index contributed by atoms with van der Waals surface area (Å²) in [6.07, 6.45) is 4.12. The van der Waals surface area contributed by atoms with Gasteiger partial charge in [0.1, 0.15) is 0 Å². The fourth-order valence-electron chi connectivity index (χ4n) is 3.35. The second kappa shape index (κ2) is 14.6. The largest absolute Gasteiger partial charge is 0.332 e. The average molecular weight is 497 g/mol. The summed E-state index contributed by atoms with van der Waals surface area (Å²) in [5.74, 6) is 0. The number of hydrogen-bond acceptors (Lipinski definition) is 4. The van der Waals surface area contributed by atoms with E-state index in [4.69, 9.17) is 0 Å². The van der Waals surface area contributed by atoms with Gasteiger partial charge in [-0.3, -0.25) is 9.97 Å². The lowest BCUT2D eigenvalue weighted by molar-refractivity contribution is 0.251. The van der Waals surface area contributed by atoms with Crippen LogP contribution in [0.15, 0.2) is 97.3 Å². The van der Waals surface area contributed by atoms with E-state index in [-0.39, 0.29) is 12.1 Å². The van der Waals surface area contributed by atoms with E-state index in [0.29, 0.717) is 24.5 Å². The Morgan fingerprint density at radius 1 is 0.595 bits per heavy atom. The fraction of sp³-hybridized carbons (Fsp3) is 0.172. The van der Waals surface area contributed by atoms with Crippen molar-refractivity contribution < 1.29 is 9.59 Å². The minimum absolute atomic E-state index is 0.282. The Bertz CT molecular complexity index is 1130. The molecule has 4 amide bonds. The molecule has 2 aromatic carbocycles. The third-order valence-electron chi connectivity index (χ3n) is 5.14. The summed E-state index contributed by atoms with van der Waals surface area (Å²) in [7, 11) is 0. The summed E-state index contributed by atoms with van der Waals surface area (Å²) in [5, 5.41) is 11.2. The highest BCUT2D eigenvalue weighted by Gasteiger charge is 2.05. The molecule has 0 bridgehead atoms. The summed E-state index contributed by atoms with van der Waals surface area (Å²) < 4.78 is 0. The van der Waals surface area contributed by atoms with Gasteiger partial charge in [0.05, 0.1) is 24.5 Å². The van der Waals surface area contributed by atoms with Gasteiger partial charge in [-0.25, -0.2) is 9.59 Å². The number of amides is 4. The van der Waals surface area contributed by atoms with E-state index in [2.05, 4.69) is 31.2 Å². The number of carbonyl (C=O) groups excluding carboxylic acids is 2. The molecule has 0 aliphatic rings. The van der Waals surface area contributed by atoms with E-state index < -0.39 is 0 Å². The van der Waals surface area contributed by atoms with Crippen molar-refractivity contribution in [2.75, 3.05) is 10.6 Å². The van der Waals surface area contributed by atoms with Crippen LogP contribution in [-0.2, 0) is 19.5 Å². The number of nitrogens with one attached hydrogen (secondary N) is 4. The molecule has 0 spiro atoms. The van der Waals surface area contributed by atoms with Crippen LogP contribution in [0.4, 0.5) is 21.0 Å². The Labute approximate surface area is 217 Å². The third-order valence-corrected chi connectivity index (χ3v) is 5.14. The lowest BCUT2D eigenvalue weighted by atomic mass is 10.0. The van der Waals surface area contributed by atoms with Gasteiger partial charge < -0.3 is 21.3 Å². The van der Waals surface area contributed by atoms with Crippen LogP contribution in [0.1, 0.15) is 36.4 Å². The molecule has 0 aliphatic carbocycles. The highest BCUT2D eigenvalue weighted by Crippen LogP contribution is 2.16. The van der Waals surface area contributed by atoms with Crippen LogP contribution in [0, 0.1) is 0 Å². The standard InChI is InChI=1S/C27H26N6O2.C2H6/c34-26(30-18-24-5-1-3-15-28-24)32-22-11-7-20(8-12-22)17-21-9-13-23(14-10-21)33-27(35)31-19-25-6-2-4-16-29-25;1-2/h1-16H,17-19H2,(H2,30,32,34)(H2,31,33,35);1-2H3. The number of urea groups is 2. The average Bonchev–Trinajstić information content (AvgIpc) is 2.95. The lowest BCUT2D eigenvalue weighted by Gasteiger charge is -2.09. The monoisotopic (exact) mass is 496 g/mol. The minimum Gasteiger partial charge on any atom is -0.332 e. The molecule has 0 atom stereocenters. The molecule has 8 nitrogen and oxygen atoms in total. The molecule has 2 aromatic heterocycles. The lowest BCUT2D eigenvalue weighted by Crippen LogP contribution is -2.28. The molecule has 4 aromatic rings. The van der Waals surface area contributed by atoms with Gasteiger partial charge in [-0.05, 0) is 66.1 Å². The van der Waals surface area contributed by atoms with Gasteiger partial charge in [0, 0.05) is 23.8 Å². The highest BCUT2D eigenvalue weighted by atomic mass is 16.2. The zero-order chi connectivity index (χ0) is 26.3. The molecule has 0 unspecified atom stereocenters. The quantitative estimate of drug-likeness (QED) is 0.250. The maximum Gasteiger partial charge on any atom is 0.319 e. The van der Waals surface area contributed by atoms with Crippen molar-refractivity contribution in [1.29, 1.82) is 0 Å². The molecule has 190 valence electrons. The van der Waals surface area contributed by atoms with Gasteiger partial charge >= 0.3 is 12.1 Å². The van der Waals surface area contributed by atoms with Gasteiger partial charge in [-0.1, -0.05) is 50.2 Å². The molecular weight excluding hydrogens is 464 g/mol. The number of pyridine rings is 2. The van der Waals surface area contributed by atoms with E-state index in [9.17, 15) is 9.59 Å². The second-order valence-electron chi connectivity index (χ2n) is 7.83. The smallest absolute Gasteiger partial charge is 0.319 e. The highest BCUT2D eigenvalue weighted by molar-refractivity contribution is 5.89. The summed E-state index contributed by atoms with van der Waals surface area (Å²) in [6.45, 7) is 4.73. The Morgan fingerprint density at radius 2 is 1.00 bits per heavy atom. The topological polar surface area (TPSA) is 108 Å². The van der Waals surface area contributed by atoms with Gasteiger partial charge in [0.25, 0.3) is 0 Å². The molecule has 4 N–H and O–H groups in total. The Hall–Kier alpha value is -4.72. The van der Waals surface area contributed by atoms with Gasteiger partial charge in [0.2, 0.25) is 0 Å². The zero-order valence-corrected chi connectivity index (χ0v) is 21.1. The Morgan fingerprint density at radius 3 is 1.35 bits per heavy atom. The first-order valence-electron chi connectivity index (χ1n) is 12.2. The van der Waals surface area contributed by atoms with Crippen LogP contribution in [0.2, 0.25) is 0 Å². The number of rotatable bonds is 8. The number of anilines is 2. The number of benzene rings is 2. The molecule has 8 heteroatoms. The first kappa shape index (κ1) is 26.9. The molecule has 0 saturated heterocycles. The molecule has 2 heterocycles. The van der Waals surface area contributed by atoms with E-state index in [1.165, 1.54) is 0 Å². The van der Waals surface area contributed by atoms with Crippen LogP contribution in [0.3, 0.4) is 0 Å². The van der Waals surface area contributed by atoms with Crippen LogP contribution in [0.5, 0.6) is 0 Å². The first-order chi connectivity index (χ1) is 18.1. The van der Waals surface area contributed by atoms with Crippen LogP contribution in [-0.4, -0.2) is 22.0 Å². The molecular formula is C29H32N6O2. The van der Waals surface area contributed by atoms with Crippen molar-refractivity contribution in [3.05, 3.63) is 120 Å². The van der Waals surface area contributed by atoms with E-state index >= 15 is 0 Å². The number of nitrogens with zero attached hydrogens (tertiary/aromatic N) is 2. The maximum atomic E-state index is 12.1. The summed E-state index contributed by atoms with van der Waals surface area (Å²) >= 11 is 0. The first-order valence-corrected chi connectivity index (χ1v) is 12.2. The van der Waals surface area contributed by atoms with Gasteiger partial charge in [0.15, 0.2) is 0 Å². The van der Waals surface area contributed by atoms with Crippen LogP contribution >= 0.6 is 0 Å². The van der Waals surface area contributed by atoms with Gasteiger partial charge in [-0.15, -0.1) is 0 Å². The molecule has 0 radical (unpaired) electrons. The number of carbonyl (C=O) groups is 2. The van der Waals surface area contributed by atoms with E-state index in [0.717, 1.165) is 28.9 Å². The summed E-state index contributed by atoms with van der Waals surface area (Å²) in [4.78, 5) is 32.6. The molecule has 37 heavy (non-hydrogen) atoms. The SMILES string of the molecule is CC.O=C(NCc1ccccn1)Nc1ccc(Cc2ccc(NC(=O)NCc3ccccn3)cc2)cc1. The Balaban J connectivity index is 0.00000186. The third kappa shape index (κ3) is 9.45. The predicted octanol–water partition coefficient (Wildman–Crippen LogP) is 5.74. The molecule has 4 rings (SSSR count). The van der Waals surface area contributed by atoms with Crippen molar-refractivity contribution in [3.63, 3.8) is 0 Å². The summed E-state index contributed by atoms with van der Waals surface area (Å²) in [6, 6.07) is 26.0. The minimum atomic E-state index is -0.282. The van der Waals surface area contributed by atoms with Crippen molar-refractivity contribution in [2.24, 2.45) is 0 Å². The van der Waals surface area contributed by atoms with E-state index in [1.54, 1.807) is 12.4 Å². The van der Waals surface area contributed by atoms with Crippen molar-refractivity contribution in [1.82, 2.24) is 20.6 Å². The maximum absolute atomic E-state index is 12.1. The van der Waals surface area contributed by atoms with Crippen molar-refractivity contribution in [3.8, 4) is 0 Å². The predicted molar refractivity (Wildman–Crippen MR) is 147 cm³/mol. The molecule has 0 fully saturated rings. The van der Waals surface area contributed by atoms with Crippen LogP contribution < -0.4 is 21.3 Å². The molecule has 0 saturated carbocycles.